The van der Waals surface area contributed by atoms with Gasteiger partial charge in [0.1, 0.15) is 24.0 Å². The van der Waals surface area contributed by atoms with E-state index < -0.39 is 47.3 Å². The lowest BCUT2D eigenvalue weighted by atomic mass is 9.91. The van der Waals surface area contributed by atoms with Crippen molar-refractivity contribution in [2.75, 3.05) is 26.9 Å². The summed E-state index contributed by atoms with van der Waals surface area (Å²) in [7, 11) is 1.50. The third-order valence-electron chi connectivity index (χ3n) is 8.38. The van der Waals surface area contributed by atoms with Gasteiger partial charge in [0, 0.05) is 25.3 Å². The lowest BCUT2D eigenvalue weighted by Crippen LogP contribution is -2.55. The zero-order chi connectivity index (χ0) is 34.8. The highest BCUT2D eigenvalue weighted by Gasteiger charge is 2.47. The molecule has 3 N–H and O–H groups in total. The van der Waals surface area contributed by atoms with E-state index >= 15 is 0 Å². The van der Waals surface area contributed by atoms with Crippen LogP contribution in [-0.2, 0) is 39.8 Å². The molecule has 0 aromatic heterocycles. The second-order valence-electron chi connectivity index (χ2n) is 12.6. The lowest BCUT2D eigenvalue weighted by Gasteiger charge is -2.29. The fourth-order valence-electron chi connectivity index (χ4n) is 5.36. The maximum Gasteiger partial charge on any atom is 0.331 e. The van der Waals surface area contributed by atoms with Gasteiger partial charge in [0.15, 0.2) is 6.04 Å². The van der Waals surface area contributed by atoms with Crippen LogP contribution in [0, 0.1) is 11.3 Å². The van der Waals surface area contributed by atoms with E-state index in [2.05, 4.69) is 22.5 Å². The number of carbonyl (C=O) groups excluding carboxylic acids is 4. The standard InChI is InChI=1S/C36H44ClN3O8/c1-6-17-46-20-27-34(43)47-28(22(2)31-32(48-31)24-11-8-7-9-12-24)13-10-14-30(41)39-26(19-23-15-16-29(45-5)25(37)18-23)33(42)38-21-36(3,4)35(44)40-27/h6-12,14-16,18,22,26-28,31-32H,1,13,17,19-21H2,2-5H3,(H,38,42)(H,39,41)(H,40,44)/b14-10+/t22-,26+,27-,28-,31+,32+/m0/s1. The average molecular weight is 682 g/mol. The van der Waals surface area contributed by atoms with E-state index in [1.54, 1.807) is 38.1 Å². The Morgan fingerprint density at radius 2 is 1.83 bits per heavy atom. The van der Waals surface area contributed by atoms with Crippen molar-refractivity contribution in [1.82, 2.24) is 16.0 Å². The minimum Gasteiger partial charge on any atom is -0.495 e. The van der Waals surface area contributed by atoms with Gasteiger partial charge in [0.2, 0.25) is 17.7 Å². The average Bonchev–Trinajstić information content (AvgIpc) is 3.87. The molecule has 4 rings (SSSR count). The second-order valence-corrected chi connectivity index (χ2v) is 13.0. The molecule has 2 aliphatic heterocycles. The Morgan fingerprint density at radius 1 is 1.08 bits per heavy atom. The third kappa shape index (κ3) is 9.91. The maximum absolute atomic E-state index is 13.6. The van der Waals surface area contributed by atoms with Crippen molar-refractivity contribution in [3.05, 3.63) is 89.5 Å². The van der Waals surface area contributed by atoms with Crippen molar-refractivity contribution >= 4 is 35.3 Å². The summed E-state index contributed by atoms with van der Waals surface area (Å²) >= 11 is 6.32. The van der Waals surface area contributed by atoms with Crippen LogP contribution in [-0.4, -0.2) is 74.9 Å². The quantitative estimate of drug-likeness (QED) is 0.149. The molecule has 2 heterocycles. The van der Waals surface area contributed by atoms with E-state index in [1.807, 2.05) is 37.3 Å². The van der Waals surface area contributed by atoms with Crippen molar-refractivity contribution in [2.45, 2.75) is 64.0 Å². The van der Waals surface area contributed by atoms with Crippen molar-refractivity contribution in [3.8, 4) is 5.75 Å². The fraction of sp³-hybridized carbons (Fsp3) is 0.444. The lowest BCUT2D eigenvalue weighted by molar-refractivity contribution is -0.158. The molecule has 0 spiro atoms. The van der Waals surface area contributed by atoms with Crippen molar-refractivity contribution in [2.24, 2.45) is 11.3 Å². The first-order valence-electron chi connectivity index (χ1n) is 15.9. The van der Waals surface area contributed by atoms with Crippen LogP contribution in [0.5, 0.6) is 5.75 Å². The fourth-order valence-corrected chi connectivity index (χ4v) is 5.64. The van der Waals surface area contributed by atoms with Crippen LogP contribution in [0.15, 0.2) is 73.3 Å². The van der Waals surface area contributed by atoms with Gasteiger partial charge in [0.25, 0.3) is 0 Å². The van der Waals surface area contributed by atoms with Gasteiger partial charge in [-0.2, -0.15) is 0 Å². The smallest absolute Gasteiger partial charge is 0.331 e. The number of hydrogen-bond donors (Lipinski definition) is 3. The van der Waals surface area contributed by atoms with Crippen LogP contribution in [0.4, 0.5) is 0 Å². The molecule has 258 valence electrons. The minimum atomic E-state index is -1.15. The molecular formula is C36H44ClN3O8. The second kappa shape index (κ2) is 16.8. The Kier molecular flexibility index (Phi) is 12.8. The number of cyclic esters (lactones) is 1. The van der Waals surface area contributed by atoms with Crippen LogP contribution >= 0.6 is 11.6 Å². The molecule has 1 saturated heterocycles. The summed E-state index contributed by atoms with van der Waals surface area (Å²) in [6, 6.07) is 12.7. The topological polar surface area (TPSA) is 145 Å². The van der Waals surface area contributed by atoms with Crippen molar-refractivity contribution in [1.29, 1.82) is 0 Å². The minimum absolute atomic E-state index is 0.0852. The SMILES string of the molecule is C=CCOC[C@@H]1NC(=O)C(C)(C)CNC(=O)[C@@H](Cc2ccc(OC)c(Cl)c2)NC(=O)/C=C/C[C@@H]([C@H](C)[C@H]2O[C@@H]2c2ccccc2)OC1=O. The van der Waals surface area contributed by atoms with Crippen molar-refractivity contribution in [3.63, 3.8) is 0 Å². The normalized spacial score (nSPS) is 26.2. The number of esters is 1. The van der Waals surface area contributed by atoms with Crippen molar-refractivity contribution < 1.29 is 38.1 Å². The number of amides is 3. The summed E-state index contributed by atoms with van der Waals surface area (Å²) < 4.78 is 22.8. The van der Waals surface area contributed by atoms with Crippen LogP contribution < -0.4 is 20.7 Å². The largest absolute Gasteiger partial charge is 0.495 e. The Morgan fingerprint density at radius 3 is 2.52 bits per heavy atom. The van der Waals surface area contributed by atoms with E-state index in [1.165, 1.54) is 19.3 Å². The van der Waals surface area contributed by atoms with Crippen LogP contribution in [0.1, 0.15) is 44.4 Å². The highest BCUT2D eigenvalue weighted by Crippen LogP contribution is 2.45. The Balaban J connectivity index is 1.61. The van der Waals surface area contributed by atoms with Crippen LogP contribution in [0.3, 0.4) is 0 Å². The molecule has 48 heavy (non-hydrogen) atoms. The van der Waals surface area contributed by atoms with E-state index in [0.717, 1.165) is 5.56 Å². The van der Waals surface area contributed by atoms with Gasteiger partial charge in [0.05, 0.1) is 36.9 Å². The molecule has 2 aromatic carbocycles. The molecule has 0 radical (unpaired) electrons. The summed E-state index contributed by atoms with van der Waals surface area (Å²) in [5, 5.41) is 8.67. The zero-order valence-corrected chi connectivity index (χ0v) is 28.5. The zero-order valence-electron chi connectivity index (χ0n) is 27.7. The number of halogens is 1. The predicted molar refractivity (Wildman–Crippen MR) is 180 cm³/mol. The van der Waals surface area contributed by atoms with Gasteiger partial charge < -0.3 is 34.9 Å². The number of rotatable bonds is 10. The Labute approximate surface area is 286 Å². The Bertz CT molecular complexity index is 1500. The molecule has 0 bridgehead atoms. The molecule has 0 aliphatic carbocycles. The molecular weight excluding hydrogens is 638 g/mol. The first-order chi connectivity index (χ1) is 22.9. The van der Waals surface area contributed by atoms with Gasteiger partial charge >= 0.3 is 5.97 Å². The van der Waals surface area contributed by atoms with Crippen LogP contribution in [0.25, 0.3) is 0 Å². The summed E-state index contributed by atoms with van der Waals surface area (Å²) in [4.78, 5) is 53.7. The highest BCUT2D eigenvalue weighted by molar-refractivity contribution is 6.32. The summed E-state index contributed by atoms with van der Waals surface area (Å²) in [6.45, 7) is 8.75. The van der Waals surface area contributed by atoms with Gasteiger partial charge in [-0.25, -0.2) is 4.79 Å². The first-order valence-corrected chi connectivity index (χ1v) is 16.3. The van der Waals surface area contributed by atoms with Gasteiger partial charge in [-0.05, 0) is 43.2 Å². The molecule has 11 nitrogen and oxygen atoms in total. The monoisotopic (exact) mass is 681 g/mol. The molecule has 0 saturated carbocycles. The van der Waals surface area contributed by atoms with E-state index in [0.29, 0.717) is 16.3 Å². The summed E-state index contributed by atoms with van der Waals surface area (Å²) in [5.74, 6) is -1.99. The summed E-state index contributed by atoms with van der Waals surface area (Å²) in [5.41, 5.74) is 0.549. The number of epoxide rings is 1. The van der Waals surface area contributed by atoms with E-state index in [-0.39, 0.29) is 50.7 Å². The number of hydrogen-bond acceptors (Lipinski definition) is 8. The van der Waals surface area contributed by atoms with Gasteiger partial charge in [-0.15, -0.1) is 6.58 Å². The maximum atomic E-state index is 13.6. The summed E-state index contributed by atoms with van der Waals surface area (Å²) in [6.07, 6.45) is 3.65. The number of carbonyl (C=O) groups is 4. The number of nitrogens with one attached hydrogen (secondary N) is 3. The predicted octanol–water partition coefficient (Wildman–Crippen LogP) is 3.85. The molecule has 1 fully saturated rings. The number of ether oxygens (including phenoxy) is 4. The molecule has 3 amide bonds. The highest BCUT2D eigenvalue weighted by atomic mass is 35.5. The van der Waals surface area contributed by atoms with Gasteiger partial charge in [-0.1, -0.05) is 67.1 Å². The molecule has 0 unspecified atom stereocenters. The molecule has 6 atom stereocenters. The molecule has 2 aliphatic rings. The van der Waals surface area contributed by atoms with E-state index in [9.17, 15) is 19.2 Å². The molecule has 12 heteroatoms. The third-order valence-corrected chi connectivity index (χ3v) is 8.68. The van der Waals surface area contributed by atoms with Gasteiger partial charge in [-0.3, -0.25) is 14.4 Å². The number of benzene rings is 2. The molecule has 2 aromatic rings. The first kappa shape index (κ1) is 36.6. The van der Waals surface area contributed by atoms with Crippen LogP contribution in [0.2, 0.25) is 5.02 Å². The number of methoxy groups -OCH3 is 1. The Hall–Kier alpha value is -4.19. The van der Waals surface area contributed by atoms with E-state index in [4.69, 9.17) is 30.5 Å².